The first-order chi connectivity index (χ1) is 10.5. The number of hydrogen-bond donors (Lipinski definition) is 1. The van der Waals surface area contributed by atoms with Gasteiger partial charge in [0.25, 0.3) is 0 Å². The van der Waals surface area contributed by atoms with Gasteiger partial charge in [0, 0.05) is 30.4 Å². The highest BCUT2D eigenvalue weighted by Crippen LogP contribution is 2.32. The minimum atomic E-state index is -4.35. The number of pyridine rings is 1. The normalized spacial score (nSPS) is 19.3. The lowest BCUT2D eigenvalue weighted by atomic mass is 10.0. The third kappa shape index (κ3) is 3.32. The molecule has 1 aliphatic heterocycles. The van der Waals surface area contributed by atoms with Gasteiger partial charge in [0.15, 0.2) is 0 Å². The lowest BCUT2D eigenvalue weighted by molar-refractivity contribution is -0.137. The molecule has 1 atom stereocenters. The van der Waals surface area contributed by atoms with E-state index in [-0.39, 0.29) is 0 Å². The van der Waals surface area contributed by atoms with E-state index >= 15 is 0 Å². The number of rotatable bonds is 3. The Bertz CT molecular complexity index is 651. The fourth-order valence-electron chi connectivity index (χ4n) is 2.70. The maximum atomic E-state index is 12.7. The van der Waals surface area contributed by atoms with Crippen molar-refractivity contribution >= 4 is 16.6 Å². The summed E-state index contributed by atoms with van der Waals surface area (Å²) < 4.78 is 43.7. The van der Waals surface area contributed by atoms with E-state index in [4.69, 9.17) is 4.74 Å². The van der Waals surface area contributed by atoms with Crippen molar-refractivity contribution in [3.63, 3.8) is 0 Å². The average Bonchev–Trinajstić information content (AvgIpc) is 2.52. The van der Waals surface area contributed by atoms with Gasteiger partial charge in [-0.15, -0.1) is 0 Å². The molecular weight excluding hydrogens is 293 g/mol. The van der Waals surface area contributed by atoms with Crippen LogP contribution in [0.25, 0.3) is 10.9 Å². The van der Waals surface area contributed by atoms with Crippen molar-refractivity contribution in [3.05, 3.63) is 36.0 Å². The van der Waals surface area contributed by atoms with Crippen LogP contribution in [0.15, 0.2) is 30.5 Å². The summed E-state index contributed by atoms with van der Waals surface area (Å²) in [6, 6.07) is 5.45. The molecule has 1 aromatic heterocycles. The van der Waals surface area contributed by atoms with Crippen LogP contribution in [0.1, 0.15) is 18.4 Å². The summed E-state index contributed by atoms with van der Waals surface area (Å²) in [7, 11) is 0. The Morgan fingerprint density at radius 3 is 2.86 bits per heavy atom. The predicted molar refractivity (Wildman–Crippen MR) is 78.8 cm³/mol. The van der Waals surface area contributed by atoms with Crippen LogP contribution in [-0.2, 0) is 10.9 Å². The molecule has 1 saturated heterocycles. The van der Waals surface area contributed by atoms with Crippen molar-refractivity contribution in [2.24, 2.45) is 5.92 Å². The fourth-order valence-corrected chi connectivity index (χ4v) is 2.70. The van der Waals surface area contributed by atoms with Crippen molar-refractivity contribution in [1.29, 1.82) is 0 Å². The van der Waals surface area contributed by atoms with E-state index in [9.17, 15) is 13.2 Å². The second kappa shape index (κ2) is 6.12. The van der Waals surface area contributed by atoms with Crippen molar-refractivity contribution in [2.75, 3.05) is 25.1 Å². The molecule has 0 bridgehead atoms. The highest BCUT2D eigenvalue weighted by Gasteiger charge is 2.30. The lowest BCUT2D eigenvalue weighted by Gasteiger charge is -2.23. The Labute approximate surface area is 126 Å². The Kier molecular flexibility index (Phi) is 4.20. The maximum absolute atomic E-state index is 12.7. The highest BCUT2D eigenvalue weighted by atomic mass is 19.4. The van der Waals surface area contributed by atoms with E-state index in [1.807, 2.05) is 0 Å². The zero-order chi connectivity index (χ0) is 15.6. The van der Waals surface area contributed by atoms with Crippen molar-refractivity contribution in [3.8, 4) is 0 Å². The molecule has 0 spiro atoms. The highest BCUT2D eigenvalue weighted by molar-refractivity contribution is 5.91. The van der Waals surface area contributed by atoms with Crippen LogP contribution in [0.3, 0.4) is 0 Å². The van der Waals surface area contributed by atoms with Gasteiger partial charge in [-0.2, -0.15) is 13.2 Å². The summed E-state index contributed by atoms with van der Waals surface area (Å²) >= 11 is 0. The van der Waals surface area contributed by atoms with E-state index in [2.05, 4.69) is 10.3 Å². The first-order valence-electron chi connectivity index (χ1n) is 7.31. The van der Waals surface area contributed by atoms with E-state index in [0.29, 0.717) is 16.8 Å². The van der Waals surface area contributed by atoms with Crippen LogP contribution in [0, 0.1) is 5.92 Å². The maximum Gasteiger partial charge on any atom is 0.416 e. The molecule has 2 aromatic rings. The number of aromatic nitrogens is 1. The minimum absolute atomic E-state index is 0.347. The van der Waals surface area contributed by atoms with Crippen LogP contribution in [-0.4, -0.2) is 24.7 Å². The van der Waals surface area contributed by atoms with Crippen molar-refractivity contribution < 1.29 is 17.9 Å². The monoisotopic (exact) mass is 310 g/mol. The first kappa shape index (κ1) is 15.1. The molecule has 1 fully saturated rings. The lowest BCUT2D eigenvalue weighted by Crippen LogP contribution is -2.24. The Hall–Kier alpha value is -1.82. The van der Waals surface area contributed by atoms with E-state index in [0.717, 1.165) is 50.4 Å². The van der Waals surface area contributed by atoms with E-state index in [1.165, 1.54) is 12.3 Å². The number of hydrogen-bond acceptors (Lipinski definition) is 3. The number of benzene rings is 1. The number of nitrogens with zero attached hydrogens (tertiary/aromatic N) is 1. The molecule has 2 heterocycles. The van der Waals surface area contributed by atoms with Crippen LogP contribution < -0.4 is 5.32 Å². The minimum Gasteiger partial charge on any atom is -0.384 e. The number of nitrogens with one attached hydrogen (secondary N) is 1. The van der Waals surface area contributed by atoms with Gasteiger partial charge in [0.1, 0.15) is 0 Å². The smallest absolute Gasteiger partial charge is 0.384 e. The fraction of sp³-hybridized carbons (Fsp3) is 0.438. The summed E-state index contributed by atoms with van der Waals surface area (Å²) in [6.45, 7) is 2.29. The number of alkyl halides is 3. The molecule has 1 aliphatic rings. The van der Waals surface area contributed by atoms with Crippen LogP contribution in [0.4, 0.5) is 18.9 Å². The van der Waals surface area contributed by atoms with Crippen LogP contribution in [0.5, 0.6) is 0 Å². The second-order valence-electron chi connectivity index (χ2n) is 5.55. The number of ether oxygens (including phenoxy) is 1. The molecule has 3 nitrogen and oxygen atoms in total. The molecule has 118 valence electrons. The van der Waals surface area contributed by atoms with Gasteiger partial charge in [0.2, 0.25) is 0 Å². The molecular formula is C16H17F3N2O. The molecule has 0 radical (unpaired) electrons. The summed E-state index contributed by atoms with van der Waals surface area (Å²) in [5.41, 5.74) is 0.481. The summed E-state index contributed by atoms with van der Waals surface area (Å²) in [5.74, 6) is 0.436. The second-order valence-corrected chi connectivity index (χ2v) is 5.55. The van der Waals surface area contributed by atoms with Crippen LogP contribution in [0.2, 0.25) is 0 Å². The quantitative estimate of drug-likeness (QED) is 0.927. The summed E-state index contributed by atoms with van der Waals surface area (Å²) in [5, 5.41) is 4.02. The molecule has 1 unspecified atom stereocenters. The third-order valence-corrected chi connectivity index (χ3v) is 3.91. The van der Waals surface area contributed by atoms with Gasteiger partial charge in [-0.05, 0) is 37.0 Å². The zero-order valence-corrected chi connectivity index (χ0v) is 12.0. The summed E-state index contributed by atoms with van der Waals surface area (Å²) in [6.07, 6.45) is -0.659. The Morgan fingerprint density at radius 2 is 2.14 bits per heavy atom. The van der Waals surface area contributed by atoms with Gasteiger partial charge >= 0.3 is 6.18 Å². The molecule has 0 amide bonds. The molecule has 22 heavy (non-hydrogen) atoms. The Morgan fingerprint density at radius 1 is 1.27 bits per heavy atom. The topological polar surface area (TPSA) is 34.1 Å². The van der Waals surface area contributed by atoms with Gasteiger partial charge < -0.3 is 10.1 Å². The van der Waals surface area contributed by atoms with Gasteiger partial charge in [0.05, 0.1) is 17.7 Å². The number of fused-ring (bicyclic) bond motifs is 1. The number of halogens is 3. The van der Waals surface area contributed by atoms with Crippen molar-refractivity contribution in [2.45, 2.75) is 19.0 Å². The molecule has 3 rings (SSSR count). The van der Waals surface area contributed by atoms with Crippen LogP contribution >= 0.6 is 0 Å². The number of anilines is 1. The van der Waals surface area contributed by atoms with Gasteiger partial charge in [-0.3, -0.25) is 4.98 Å². The first-order valence-corrected chi connectivity index (χ1v) is 7.31. The van der Waals surface area contributed by atoms with E-state index < -0.39 is 11.7 Å². The molecule has 1 N–H and O–H groups in total. The standard InChI is InChI=1S/C16H17F3N2O/c17-16(18,19)12-3-4-13-14(5-6-20-15(13)8-12)21-9-11-2-1-7-22-10-11/h3-6,8,11H,1-2,7,9-10H2,(H,20,21). The van der Waals surface area contributed by atoms with Crippen molar-refractivity contribution in [1.82, 2.24) is 4.98 Å². The zero-order valence-electron chi connectivity index (χ0n) is 12.0. The summed E-state index contributed by atoms with van der Waals surface area (Å²) in [4.78, 5) is 4.05. The predicted octanol–water partition coefficient (Wildman–Crippen LogP) is 4.09. The SMILES string of the molecule is FC(F)(F)c1ccc2c(NCC3CCCOC3)ccnc2c1. The van der Waals surface area contributed by atoms with Gasteiger partial charge in [-0.1, -0.05) is 6.07 Å². The molecule has 6 heteroatoms. The van der Waals surface area contributed by atoms with Gasteiger partial charge in [-0.25, -0.2) is 0 Å². The Balaban J connectivity index is 1.81. The largest absolute Gasteiger partial charge is 0.416 e. The molecule has 1 aromatic carbocycles. The van der Waals surface area contributed by atoms with E-state index in [1.54, 1.807) is 6.07 Å². The molecule has 0 aliphatic carbocycles. The molecule has 0 saturated carbocycles. The third-order valence-electron chi connectivity index (χ3n) is 3.91. The average molecular weight is 310 g/mol.